The number of carbonyl (C=O) groups is 1. The van der Waals surface area contributed by atoms with Gasteiger partial charge >= 0.3 is 5.97 Å². The number of aromatic carboxylic acids is 1. The van der Waals surface area contributed by atoms with E-state index in [2.05, 4.69) is 4.72 Å². The minimum absolute atomic E-state index is 0.0492. The van der Waals surface area contributed by atoms with Crippen molar-refractivity contribution in [1.29, 1.82) is 0 Å². The van der Waals surface area contributed by atoms with Crippen LogP contribution in [0.15, 0.2) is 11.0 Å². The Balaban J connectivity index is 2.12. The number of carboxylic acid groups (broad SMARTS) is 1. The maximum Gasteiger partial charge on any atom is 0.345 e. The fourth-order valence-electron chi connectivity index (χ4n) is 1.92. The highest BCUT2D eigenvalue weighted by molar-refractivity contribution is 8.00. The van der Waals surface area contributed by atoms with Crippen LogP contribution in [0.25, 0.3) is 0 Å². The van der Waals surface area contributed by atoms with E-state index in [1.54, 1.807) is 18.7 Å². The van der Waals surface area contributed by atoms with Crippen molar-refractivity contribution in [3.63, 3.8) is 0 Å². The Labute approximate surface area is 120 Å². The summed E-state index contributed by atoms with van der Waals surface area (Å²) in [5.74, 6) is -0.0200. The van der Waals surface area contributed by atoms with E-state index in [0.717, 1.165) is 29.9 Å². The second-order valence-electron chi connectivity index (χ2n) is 4.32. The zero-order chi connectivity index (χ0) is 14.0. The van der Waals surface area contributed by atoms with Crippen LogP contribution < -0.4 is 4.72 Å². The first kappa shape index (κ1) is 14.8. The largest absolute Gasteiger partial charge is 0.477 e. The highest BCUT2D eigenvalue weighted by Crippen LogP contribution is 2.28. The summed E-state index contributed by atoms with van der Waals surface area (Å²) in [6.45, 7) is 2.03. The molecule has 106 valence electrons. The van der Waals surface area contributed by atoms with E-state index in [1.807, 2.05) is 0 Å². The third-order valence-electron chi connectivity index (χ3n) is 2.90. The van der Waals surface area contributed by atoms with Crippen molar-refractivity contribution < 1.29 is 18.3 Å². The van der Waals surface area contributed by atoms with Crippen molar-refractivity contribution in [1.82, 2.24) is 4.72 Å². The molecule has 8 heteroatoms. The Kier molecular flexibility index (Phi) is 4.54. The number of nitrogens with one attached hydrogen (secondary N) is 1. The van der Waals surface area contributed by atoms with Crippen LogP contribution in [0.4, 0.5) is 0 Å². The summed E-state index contributed by atoms with van der Waals surface area (Å²) in [5.41, 5.74) is 0. The Morgan fingerprint density at radius 2 is 2.32 bits per heavy atom. The number of hydrogen-bond acceptors (Lipinski definition) is 5. The minimum Gasteiger partial charge on any atom is -0.477 e. The van der Waals surface area contributed by atoms with Gasteiger partial charge in [0.1, 0.15) is 4.88 Å². The fourth-order valence-corrected chi connectivity index (χ4v) is 5.74. The molecule has 0 aliphatic carbocycles. The molecule has 2 heterocycles. The maximum absolute atomic E-state index is 12.1. The molecule has 1 aliphatic rings. The van der Waals surface area contributed by atoms with E-state index in [-0.39, 0.29) is 9.77 Å². The van der Waals surface area contributed by atoms with Crippen LogP contribution in [0.5, 0.6) is 0 Å². The van der Waals surface area contributed by atoms with Gasteiger partial charge in [0.2, 0.25) is 10.0 Å². The zero-order valence-corrected chi connectivity index (χ0v) is 12.8. The summed E-state index contributed by atoms with van der Waals surface area (Å²) in [6, 6.07) is 1.23. The molecule has 19 heavy (non-hydrogen) atoms. The summed E-state index contributed by atoms with van der Waals surface area (Å²) in [6.07, 6.45) is 2.15. The highest BCUT2D eigenvalue weighted by Gasteiger charge is 2.24. The SMILES string of the molecule is Cc1sc(C(=O)O)cc1S(=O)(=O)NCC1CCCS1. The van der Waals surface area contributed by atoms with Crippen LogP contribution in [0.1, 0.15) is 27.4 Å². The normalized spacial score (nSPS) is 19.7. The predicted octanol–water partition coefficient (Wildman–Crippen LogP) is 1.93. The quantitative estimate of drug-likeness (QED) is 0.866. The number of sulfonamides is 1. The second kappa shape index (κ2) is 5.82. The van der Waals surface area contributed by atoms with Crippen molar-refractivity contribution in [3.05, 3.63) is 15.8 Å². The van der Waals surface area contributed by atoms with E-state index in [9.17, 15) is 13.2 Å². The van der Waals surface area contributed by atoms with E-state index >= 15 is 0 Å². The van der Waals surface area contributed by atoms with Gasteiger partial charge in [0.25, 0.3) is 0 Å². The molecule has 1 aromatic rings. The fraction of sp³-hybridized carbons (Fsp3) is 0.545. The molecule has 0 aromatic carbocycles. The number of thioether (sulfide) groups is 1. The van der Waals surface area contributed by atoms with Gasteiger partial charge in [0, 0.05) is 16.7 Å². The Morgan fingerprint density at radius 3 is 2.84 bits per heavy atom. The van der Waals surface area contributed by atoms with Gasteiger partial charge in [0.15, 0.2) is 0 Å². The molecule has 0 amide bonds. The Bertz CT molecular complexity index is 573. The first-order valence-corrected chi connectivity index (χ1v) is 9.20. The molecule has 0 spiro atoms. The second-order valence-corrected chi connectivity index (χ2v) is 8.72. The maximum atomic E-state index is 12.1. The van der Waals surface area contributed by atoms with Crippen molar-refractivity contribution >= 4 is 39.1 Å². The number of hydrogen-bond donors (Lipinski definition) is 2. The summed E-state index contributed by atoms with van der Waals surface area (Å²) in [7, 11) is -3.61. The lowest BCUT2D eigenvalue weighted by Gasteiger charge is -2.10. The van der Waals surface area contributed by atoms with E-state index in [4.69, 9.17) is 5.11 Å². The average Bonchev–Trinajstić information content (AvgIpc) is 2.95. The third kappa shape index (κ3) is 3.50. The van der Waals surface area contributed by atoms with Crippen molar-refractivity contribution in [3.8, 4) is 0 Å². The van der Waals surface area contributed by atoms with Crippen LogP contribution in [0.3, 0.4) is 0 Å². The summed E-state index contributed by atoms with van der Waals surface area (Å²) in [4.78, 5) is 11.5. The summed E-state index contributed by atoms with van der Waals surface area (Å²) >= 11 is 2.76. The van der Waals surface area contributed by atoms with Crippen molar-refractivity contribution in [2.75, 3.05) is 12.3 Å². The summed E-state index contributed by atoms with van der Waals surface area (Å²) < 4.78 is 26.9. The average molecular weight is 321 g/mol. The molecule has 0 radical (unpaired) electrons. The Hall–Kier alpha value is -0.570. The minimum atomic E-state index is -3.61. The van der Waals surface area contributed by atoms with Crippen LogP contribution in [0.2, 0.25) is 0 Å². The van der Waals surface area contributed by atoms with Crippen LogP contribution in [0, 0.1) is 6.92 Å². The molecule has 0 saturated carbocycles. The first-order chi connectivity index (χ1) is 8.90. The molecule has 5 nitrogen and oxygen atoms in total. The lowest BCUT2D eigenvalue weighted by Crippen LogP contribution is -2.30. The number of carboxylic acids is 1. The van der Waals surface area contributed by atoms with E-state index in [1.165, 1.54) is 6.07 Å². The van der Waals surface area contributed by atoms with E-state index < -0.39 is 16.0 Å². The van der Waals surface area contributed by atoms with Crippen LogP contribution in [-0.4, -0.2) is 37.0 Å². The van der Waals surface area contributed by atoms with Crippen LogP contribution in [-0.2, 0) is 10.0 Å². The lowest BCUT2D eigenvalue weighted by molar-refractivity contribution is 0.0702. The van der Waals surface area contributed by atoms with Gasteiger partial charge in [-0.15, -0.1) is 11.3 Å². The molecular weight excluding hydrogens is 306 g/mol. The molecular formula is C11H15NO4S3. The molecule has 1 fully saturated rings. The van der Waals surface area contributed by atoms with Gasteiger partial charge in [-0.3, -0.25) is 0 Å². The molecule has 2 N–H and O–H groups in total. The summed E-state index contributed by atoms with van der Waals surface area (Å²) in [5, 5.41) is 9.21. The monoisotopic (exact) mass is 321 g/mol. The standard InChI is InChI=1S/C11H15NO4S3/c1-7-10(5-9(18-7)11(13)14)19(15,16)12-6-8-3-2-4-17-8/h5,8,12H,2-4,6H2,1H3,(H,13,14). The van der Waals surface area contributed by atoms with Gasteiger partial charge in [0.05, 0.1) is 4.90 Å². The van der Waals surface area contributed by atoms with Gasteiger partial charge in [-0.05, 0) is 31.6 Å². The van der Waals surface area contributed by atoms with Crippen molar-refractivity contribution in [2.45, 2.75) is 29.9 Å². The molecule has 1 saturated heterocycles. The van der Waals surface area contributed by atoms with E-state index in [0.29, 0.717) is 16.7 Å². The van der Waals surface area contributed by atoms with Crippen LogP contribution >= 0.6 is 23.1 Å². The van der Waals surface area contributed by atoms with Gasteiger partial charge < -0.3 is 5.11 Å². The van der Waals surface area contributed by atoms with Gasteiger partial charge in [-0.1, -0.05) is 0 Å². The molecule has 2 rings (SSSR count). The highest BCUT2D eigenvalue weighted by atomic mass is 32.2. The first-order valence-electron chi connectivity index (χ1n) is 5.85. The lowest BCUT2D eigenvalue weighted by atomic mass is 10.2. The number of rotatable bonds is 5. The Morgan fingerprint density at radius 1 is 1.58 bits per heavy atom. The molecule has 1 aliphatic heterocycles. The molecule has 0 bridgehead atoms. The number of thiophene rings is 1. The molecule has 1 atom stereocenters. The smallest absolute Gasteiger partial charge is 0.345 e. The zero-order valence-electron chi connectivity index (χ0n) is 10.4. The third-order valence-corrected chi connectivity index (χ3v) is 7.01. The number of aryl methyl sites for hydroxylation is 1. The van der Waals surface area contributed by atoms with Gasteiger partial charge in [-0.25, -0.2) is 17.9 Å². The molecule has 1 unspecified atom stereocenters. The van der Waals surface area contributed by atoms with Crippen molar-refractivity contribution in [2.24, 2.45) is 0 Å². The molecule has 1 aromatic heterocycles. The van der Waals surface area contributed by atoms with Gasteiger partial charge in [-0.2, -0.15) is 11.8 Å². The predicted molar refractivity (Wildman–Crippen MR) is 76.7 cm³/mol. The topological polar surface area (TPSA) is 83.5 Å².